The van der Waals surface area contributed by atoms with E-state index in [2.05, 4.69) is 6.92 Å². The third-order valence-corrected chi connectivity index (χ3v) is 1.10. The maximum Gasteiger partial charge on any atom is 0.100 e. The molecule has 1 radical (unpaired) electrons. The number of rotatable bonds is 6. The first-order chi connectivity index (χ1) is 4.85. The Morgan fingerprint density at radius 2 is 1.70 bits per heavy atom. The zero-order valence-corrected chi connectivity index (χ0v) is 6.80. The van der Waals surface area contributed by atoms with E-state index < -0.39 is 0 Å². The zero-order chi connectivity index (χ0) is 7.82. The fraction of sp³-hybridized carbons (Fsp3) is 0.857. The molecule has 0 aromatic rings. The lowest BCUT2D eigenvalue weighted by Gasteiger charge is -2.18. The molecule has 0 saturated carbocycles. The lowest BCUT2D eigenvalue weighted by molar-refractivity contribution is -0.0122. The van der Waals surface area contributed by atoms with Gasteiger partial charge in [0.25, 0.3) is 0 Å². The third-order valence-electron chi connectivity index (χ3n) is 1.10. The summed E-state index contributed by atoms with van der Waals surface area (Å²) in [7, 11) is 3.34. The van der Waals surface area contributed by atoms with Crippen LogP contribution in [0.3, 0.4) is 0 Å². The summed E-state index contributed by atoms with van der Waals surface area (Å²) in [6.45, 7) is 5.88. The SMILES string of the molecule is [CH2]CCN(COC)COC. The Morgan fingerprint density at radius 1 is 1.20 bits per heavy atom. The highest BCUT2D eigenvalue weighted by Gasteiger charge is 1.99. The Bertz CT molecular complexity index is 54.4. The van der Waals surface area contributed by atoms with Crippen LogP contribution in [0.15, 0.2) is 0 Å². The molecule has 0 aliphatic carbocycles. The molecule has 0 atom stereocenters. The maximum absolute atomic E-state index is 4.93. The summed E-state index contributed by atoms with van der Waals surface area (Å²) in [5, 5.41) is 0. The molecular formula is C7H16NO2. The standard InChI is InChI=1S/C7H16NO2/c1-4-5-8(6-9-2)7-10-3/h1,4-7H2,2-3H3. The van der Waals surface area contributed by atoms with E-state index in [1.807, 2.05) is 4.90 Å². The molecule has 0 heterocycles. The van der Waals surface area contributed by atoms with Gasteiger partial charge in [-0.2, -0.15) is 0 Å². The van der Waals surface area contributed by atoms with Crippen LogP contribution in [0.25, 0.3) is 0 Å². The van der Waals surface area contributed by atoms with Gasteiger partial charge in [0.2, 0.25) is 0 Å². The minimum atomic E-state index is 0.614. The second-order valence-corrected chi connectivity index (χ2v) is 2.08. The molecule has 0 rings (SSSR count). The average molecular weight is 146 g/mol. The van der Waals surface area contributed by atoms with Crippen molar-refractivity contribution in [1.82, 2.24) is 4.90 Å². The summed E-state index contributed by atoms with van der Waals surface area (Å²) in [5.41, 5.74) is 0. The Hall–Kier alpha value is -0.120. The second kappa shape index (κ2) is 6.99. The van der Waals surface area contributed by atoms with Gasteiger partial charge >= 0.3 is 0 Å². The highest BCUT2D eigenvalue weighted by Crippen LogP contribution is 1.89. The minimum Gasteiger partial charge on any atom is -0.369 e. The molecule has 0 N–H and O–H groups in total. The van der Waals surface area contributed by atoms with Crippen LogP contribution in [0.5, 0.6) is 0 Å². The third kappa shape index (κ3) is 4.73. The molecule has 3 heteroatoms. The summed E-state index contributed by atoms with van der Waals surface area (Å²) in [5.74, 6) is 0. The Kier molecular flexibility index (Phi) is 6.91. The van der Waals surface area contributed by atoms with Gasteiger partial charge in [-0.1, -0.05) is 6.92 Å². The second-order valence-electron chi connectivity index (χ2n) is 2.08. The van der Waals surface area contributed by atoms with Crippen LogP contribution in [0.2, 0.25) is 0 Å². The molecule has 0 aliphatic heterocycles. The number of ether oxygens (including phenoxy) is 2. The van der Waals surface area contributed by atoms with Crippen molar-refractivity contribution in [2.24, 2.45) is 0 Å². The van der Waals surface area contributed by atoms with Gasteiger partial charge in [0.15, 0.2) is 0 Å². The number of methoxy groups -OCH3 is 2. The van der Waals surface area contributed by atoms with Gasteiger partial charge in [-0.05, 0) is 6.42 Å². The molecule has 0 fully saturated rings. The molecule has 10 heavy (non-hydrogen) atoms. The Labute approximate surface area is 62.9 Å². The van der Waals surface area contributed by atoms with Gasteiger partial charge in [0.05, 0.1) is 0 Å². The van der Waals surface area contributed by atoms with Crippen LogP contribution >= 0.6 is 0 Å². The fourth-order valence-electron chi connectivity index (χ4n) is 0.755. The Morgan fingerprint density at radius 3 is 2.00 bits per heavy atom. The van der Waals surface area contributed by atoms with Gasteiger partial charge in [0, 0.05) is 20.8 Å². The van der Waals surface area contributed by atoms with E-state index in [-0.39, 0.29) is 0 Å². The topological polar surface area (TPSA) is 21.7 Å². The molecular weight excluding hydrogens is 130 g/mol. The van der Waals surface area contributed by atoms with Crippen LogP contribution in [-0.2, 0) is 9.47 Å². The molecule has 0 amide bonds. The van der Waals surface area contributed by atoms with E-state index in [0.717, 1.165) is 13.0 Å². The number of nitrogens with zero attached hydrogens (tertiary/aromatic N) is 1. The summed E-state index contributed by atoms with van der Waals surface area (Å²) in [6, 6.07) is 0. The van der Waals surface area contributed by atoms with Crippen molar-refractivity contribution >= 4 is 0 Å². The van der Waals surface area contributed by atoms with E-state index in [1.165, 1.54) is 0 Å². The van der Waals surface area contributed by atoms with E-state index in [4.69, 9.17) is 9.47 Å². The quantitative estimate of drug-likeness (QED) is 0.515. The van der Waals surface area contributed by atoms with E-state index in [0.29, 0.717) is 13.5 Å². The van der Waals surface area contributed by atoms with Crippen molar-refractivity contribution in [1.29, 1.82) is 0 Å². The van der Waals surface area contributed by atoms with Crippen molar-refractivity contribution in [3.8, 4) is 0 Å². The molecule has 0 aliphatic rings. The van der Waals surface area contributed by atoms with Crippen molar-refractivity contribution in [3.63, 3.8) is 0 Å². The van der Waals surface area contributed by atoms with E-state index in [1.54, 1.807) is 14.2 Å². The predicted octanol–water partition coefficient (Wildman–Crippen LogP) is 0.720. The molecule has 0 bridgehead atoms. The maximum atomic E-state index is 4.93. The molecule has 61 valence electrons. The highest BCUT2D eigenvalue weighted by atomic mass is 16.5. The largest absolute Gasteiger partial charge is 0.369 e. The monoisotopic (exact) mass is 146 g/mol. The summed E-state index contributed by atoms with van der Waals surface area (Å²) in [4.78, 5) is 2.03. The normalized spacial score (nSPS) is 10.8. The van der Waals surface area contributed by atoms with Gasteiger partial charge in [-0.15, -0.1) is 0 Å². The van der Waals surface area contributed by atoms with E-state index in [9.17, 15) is 0 Å². The predicted molar refractivity (Wildman–Crippen MR) is 40.4 cm³/mol. The highest BCUT2D eigenvalue weighted by molar-refractivity contribution is 4.48. The van der Waals surface area contributed by atoms with Gasteiger partial charge in [-0.25, -0.2) is 0 Å². The lowest BCUT2D eigenvalue weighted by Crippen LogP contribution is -2.28. The summed E-state index contributed by atoms with van der Waals surface area (Å²) >= 11 is 0. The number of hydrogen-bond acceptors (Lipinski definition) is 3. The molecule has 0 saturated heterocycles. The first-order valence-electron chi connectivity index (χ1n) is 3.34. The van der Waals surface area contributed by atoms with Crippen LogP contribution in [0, 0.1) is 6.92 Å². The van der Waals surface area contributed by atoms with Crippen LogP contribution in [0.1, 0.15) is 6.42 Å². The minimum absolute atomic E-state index is 0.614. The van der Waals surface area contributed by atoms with Gasteiger partial charge < -0.3 is 9.47 Å². The zero-order valence-electron chi connectivity index (χ0n) is 6.80. The fourth-order valence-corrected chi connectivity index (χ4v) is 0.755. The van der Waals surface area contributed by atoms with Crippen LogP contribution < -0.4 is 0 Å². The molecule has 0 aromatic heterocycles. The van der Waals surface area contributed by atoms with Crippen molar-refractivity contribution in [2.45, 2.75) is 6.42 Å². The first-order valence-corrected chi connectivity index (χ1v) is 3.34. The van der Waals surface area contributed by atoms with Crippen molar-refractivity contribution in [2.75, 3.05) is 34.2 Å². The molecule has 3 nitrogen and oxygen atoms in total. The van der Waals surface area contributed by atoms with Crippen LogP contribution in [-0.4, -0.2) is 39.1 Å². The molecule has 0 aromatic carbocycles. The average Bonchev–Trinajstić information content (AvgIpc) is 1.90. The van der Waals surface area contributed by atoms with Gasteiger partial charge in [-0.3, -0.25) is 4.90 Å². The molecule has 0 spiro atoms. The first kappa shape index (κ1) is 9.88. The summed E-state index contributed by atoms with van der Waals surface area (Å²) < 4.78 is 9.85. The van der Waals surface area contributed by atoms with Crippen molar-refractivity contribution < 1.29 is 9.47 Å². The molecule has 0 unspecified atom stereocenters. The smallest absolute Gasteiger partial charge is 0.100 e. The summed E-state index contributed by atoms with van der Waals surface area (Å²) in [6.07, 6.45) is 0.882. The van der Waals surface area contributed by atoms with Crippen LogP contribution in [0.4, 0.5) is 0 Å². The van der Waals surface area contributed by atoms with Gasteiger partial charge in [0.1, 0.15) is 13.5 Å². The Balaban J connectivity index is 3.30. The number of hydrogen-bond donors (Lipinski definition) is 0. The van der Waals surface area contributed by atoms with E-state index >= 15 is 0 Å². The van der Waals surface area contributed by atoms with Crippen molar-refractivity contribution in [3.05, 3.63) is 6.92 Å². The lowest BCUT2D eigenvalue weighted by atomic mass is 10.4.